The summed E-state index contributed by atoms with van der Waals surface area (Å²) in [5.74, 6) is -0.0944. The van der Waals surface area contributed by atoms with Gasteiger partial charge in [-0.15, -0.1) is 0 Å². The third kappa shape index (κ3) is 4.09. The van der Waals surface area contributed by atoms with Gasteiger partial charge in [0.05, 0.1) is 5.92 Å². The third-order valence-electron chi connectivity index (χ3n) is 3.67. The van der Waals surface area contributed by atoms with E-state index in [9.17, 15) is 9.90 Å². The molecule has 4 nitrogen and oxygen atoms in total. The maximum Gasteiger partial charge on any atom is 0.306 e. The lowest BCUT2D eigenvalue weighted by Crippen LogP contribution is -2.22. The molecule has 1 saturated carbocycles. The average molecular weight is 261 g/mol. The van der Waals surface area contributed by atoms with Crippen molar-refractivity contribution in [3.8, 4) is 5.75 Å². The molecule has 0 spiro atoms. The van der Waals surface area contributed by atoms with Gasteiger partial charge in [-0.2, -0.15) is 0 Å². The number of aliphatic carboxylic acids is 1. The predicted octanol–water partition coefficient (Wildman–Crippen LogP) is 2.70. The number of phenols is 1. The number of hydrogen-bond donors (Lipinski definition) is 2. The first-order chi connectivity index (χ1) is 9.15. The molecule has 0 aromatic heterocycles. The predicted molar refractivity (Wildman–Crippen MR) is 73.7 cm³/mol. The van der Waals surface area contributed by atoms with E-state index in [1.165, 1.54) is 0 Å². The lowest BCUT2D eigenvalue weighted by atomic mass is 9.82. The van der Waals surface area contributed by atoms with Crippen LogP contribution >= 0.6 is 0 Å². The van der Waals surface area contributed by atoms with E-state index in [1.807, 2.05) is 6.07 Å². The Bertz CT molecular complexity index is 462. The van der Waals surface area contributed by atoms with Crippen molar-refractivity contribution in [3.63, 3.8) is 0 Å². The Hall–Kier alpha value is -1.84. The van der Waals surface area contributed by atoms with Crippen LogP contribution in [0.3, 0.4) is 0 Å². The van der Waals surface area contributed by atoms with E-state index in [0.717, 1.165) is 37.8 Å². The Balaban J connectivity index is 1.79. The highest BCUT2D eigenvalue weighted by Gasteiger charge is 2.25. The Kier molecular flexibility index (Phi) is 4.55. The summed E-state index contributed by atoms with van der Waals surface area (Å²) < 4.78 is 0. The molecule has 1 fully saturated rings. The summed E-state index contributed by atoms with van der Waals surface area (Å²) >= 11 is 0. The van der Waals surface area contributed by atoms with Crippen LogP contribution in [0.5, 0.6) is 5.75 Å². The van der Waals surface area contributed by atoms with Crippen LogP contribution in [-0.2, 0) is 4.79 Å². The monoisotopic (exact) mass is 261 g/mol. The number of carbonyl (C=O) groups is 1. The van der Waals surface area contributed by atoms with Gasteiger partial charge < -0.3 is 10.2 Å². The molecule has 102 valence electrons. The van der Waals surface area contributed by atoms with Crippen molar-refractivity contribution in [1.29, 1.82) is 0 Å². The maximum atomic E-state index is 10.8. The Morgan fingerprint density at radius 2 is 2.05 bits per heavy atom. The third-order valence-corrected chi connectivity index (χ3v) is 3.67. The van der Waals surface area contributed by atoms with Gasteiger partial charge in [-0.3, -0.25) is 9.79 Å². The Morgan fingerprint density at radius 3 is 2.68 bits per heavy atom. The molecule has 0 atom stereocenters. The second-order valence-electron chi connectivity index (χ2n) is 5.15. The molecule has 0 amide bonds. The van der Waals surface area contributed by atoms with Crippen molar-refractivity contribution in [1.82, 2.24) is 0 Å². The first-order valence-corrected chi connectivity index (χ1v) is 6.67. The summed E-state index contributed by atoms with van der Waals surface area (Å²) in [6.07, 6.45) is 5.18. The van der Waals surface area contributed by atoms with Gasteiger partial charge in [-0.05, 0) is 49.3 Å². The van der Waals surface area contributed by atoms with Crippen molar-refractivity contribution >= 4 is 12.2 Å². The number of aromatic hydroxyl groups is 1. The lowest BCUT2D eigenvalue weighted by molar-refractivity contribution is -0.143. The van der Waals surface area contributed by atoms with Crippen molar-refractivity contribution in [2.45, 2.75) is 25.7 Å². The summed E-state index contributed by atoms with van der Waals surface area (Å²) in [7, 11) is 0. The minimum absolute atomic E-state index is 0.161. The number of aliphatic imine (C=N–C) groups is 1. The molecule has 19 heavy (non-hydrogen) atoms. The molecule has 2 N–H and O–H groups in total. The number of nitrogens with zero attached hydrogens (tertiary/aromatic N) is 1. The van der Waals surface area contributed by atoms with Crippen molar-refractivity contribution in [3.05, 3.63) is 29.8 Å². The van der Waals surface area contributed by atoms with Gasteiger partial charge in [0.2, 0.25) is 0 Å². The second-order valence-corrected chi connectivity index (χ2v) is 5.15. The molecule has 0 unspecified atom stereocenters. The van der Waals surface area contributed by atoms with Crippen LogP contribution in [0.2, 0.25) is 0 Å². The molecule has 0 radical (unpaired) electrons. The molecule has 0 saturated heterocycles. The number of rotatable bonds is 4. The fraction of sp³-hybridized carbons (Fsp3) is 0.467. The molecule has 0 heterocycles. The van der Waals surface area contributed by atoms with Gasteiger partial charge in [0.1, 0.15) is 5.75 Å². The zero-order valence-electron chi connectivity index (χ0n) is 10.8. The second kappa shape index (κ2) is 6.36. The summed E-state index contributed by atoms with van der Waals surface area (Å²) in [6.45, 7) is 0.738. The van der Waals surface area contributed by atoms with Crippen LogP contribution in [-0.4, -0.2) is 28.9 Å². The molecule has 1 aromatic carbocycles. The van der Waals surface area contributed by atoms with Gasteiger partial charge in [-0.25, -0.2) is 0 Å². The largest absolute Gasteiger partial charge is 0.508 e. The topological polar surface area (TPSA) is 69.9 Å². The van der Waals surface area contributed by atoms with Crippen LogP contribution in [0.1, 0.15) is 31.2 Å². The highest BCUT2D eigenvalue weighted by atomic mass is 16.4. The van der Waals surface area contributed by atoms with Crippen molar-refractivity contribution < 1.29 is 15.0 Å². The quantitative estimate of drug-likeness (QED) is 0.819. The van der Waals surface area contributed by atoms with E-state index >= 15 is 0 Å². The molecular weight excluding hydrogens is 242 g/mol. The normalized spacial score (nSPS) is 23.6. The lowest BCUT2D eigenvalue weighted by Gasteiger charge is -2.24. The average Bonchev–Trinajstić information content (AvgIpc) is 2.39. The van der Waals surface area contributed by atoms with Crippen LogP contribution in [0, 0.1) is 11.8 Å². The van der Waals surface area contributed by atoms with Gasteiger partial charge in [0.15, 0.2) is 0 Å². The molecule has 1 aromatic rings. The molecule has 0 aliphatic heterocycles. The minimum atomic E-state index is -0.665. The first kappa shape index (κ1) is 13.6. The van der Waals surface area contributed by atoms with Crippen LogP contribution in [0.25, 0.3) is 0 Å². The number of carboxylic acid groups (broad SMARTS) is 1. The highest BCUT2D eigenvalue weighted by Crippen LogP contribution is 2.29. The van der Waals surface area contributed by atoms with Gasteiger partial charge in [0.25, 0.3) is 0 Å². The molecule has 1 aliphatic rings. The van der Waals surface area contributed by atoms with E-state index in [4.69, 9.17) is 5.11 Å². The number of carboxylic acids is 1. The van der Waals surface area contributed by atoms with Crippen LogP contribution in [0.15, 0.2) is 29.3 Å². The molecular formula is C15H19NO3. The standard InChI is InChI=1S/C15H19NO3/c17-14-3-1-2-12(8-14)10-16-9-11-4-6-13(7-5-11)15(18)19/h1-3,8,10-11,13,17H,4-7,9H2,(H,18,19)/t11-,13-. The Labute approximate surface area is 112 Å². The van der Waals surface area contributed by atoms with E-state index in [2.05, 4.69) is 4.99 Å². The zero-order valence-corrected chi connectivity index (χ0v) is 10.8. The summed E-state index contributed by atoms with van der Waals surface area (Å²) in [6, 6.07) is 6.98. The van der Waals surface area contributed by atoms with Crippen LogP contribution in [0.4, 0.5) is 0 Å². The fourth-order valence-electron chi connectivity index (χ4n) is 2.50. The van der Waals surface area contributed by atoms with E-state index in [-0.39, 0.29) is 11.7 Å². The summed E-state index contributed by atoms with van der Waals surface area (Å²) in [5.41, 5.74) is 0.888. The van der Waals surface area contributed by atoms with E-state index in [1.54, 1.807) is 24.4 Å². The fourth-order valence-corrected chi connectivity index (χ4v) is 2.50. The molecule has 1 aliphatic carbocycles. The van der Waals surface area contributed by atoms with E-state index < -0.39 is 5.97 Å². The van der Waals surface area contributed by atoms with Crippen molar-refractivity contribution in [2.75, 3.05) is 6.54 Å². The molecule has 4 heteroatoms. The number of benzene rings is 1. The first-order valence-electron chi connectivity index (χ1n) is 6.67. The van der Waals surface area contributed by atoms with Crippen molar-refractivity contribution in [2.24, 2.45) is 16.8 Å². The zero-order chi connectivity index (χ0) is 13.7. The Morgan fingerprint density at radius 1 is 1.32 bits per heavy atom. The molecule has 0 bridgehead atoms. The van der Waals surface area contributed by atoms with Crippen LogP contribution < -0.4 is 0 Å². The van der Waals surface area contributed by atoms with Gasteiger partial charge >= 0.3 is 5.97 Å². The maximum absolute atomic E-state index is 10.8. The highest BCUT2D eigenvalue weighted by molar-refractivity contribution is 5.80. The molecule has 2 rings (SSSR count). The SMILES string of the molecule is O=C(O)[C@H]1CC[C@H](CN=Cc2cccc(O)c2)CC1. The smallest absolute Gasteiger partial charge is 0.306 e. The summed E-state index contributed by atoms with van der Waals surface area (Å²) in [4.78, 5) is 15.2. The minimum Gasteiger partial charge on any atom is -0.508 e. The number of phenolic OH excluding ortho intramolecular Hbond substituents is 1. The van der Waals surface area contributed by atoms with E-state index in [0.29, 0.717) is 5.92 Å². The van der Waals surface area contributed by atoms with Gasteiger partial charge in [-0.1, -0.05) is 12.1 Å². The van der Waals surface area contributed by atoms with Gasteiger partial charge in [0, 0.05) is 12.8 Å². The number of hydrogen-bond acceptors (Lipinski definition) is 3. The summed E-state index contributed by atoms with van der Waals surface area (Å²) in [5, 5.41) is 18.2.